The Labute approximate surface area is 140 Å². The highest BCUT2D eigenvalue weighted by Gasteiger charge is 2.29. The third-order valence-corrected chi connectivity index (χ3v) is 4.64. The van der Waals surface area contributed by atoms with Gasteiger partial charge in [-0.2, -0.15) is 0 Å². The number of nitrogens with zero attached hydrogens (tertiary/aromatic N) is 1. The summed E-state index contributed by atoms with van der Waals surface area (Å²) in [4.78, 5) is 14.1. The van der Waals surface area contributed by atoms with Crippen LogP contribution in [0.15, 0.2) is 0 Å². The number of carbonyl (C=O) groups is 1. The number of piperidine rings is 1. The maximum absolute atomic E-state index is 12.1. The Hall–Kier alpha value is -0.690. The van der Waals surface area contributed by atoms with E-state index in [0.717, 1.165) is 25.9 Å². The molecule has 2 N–H and O–H groups in total. The van der Waals surface area contributed by atoms with Gasteiger partial charge in [0.1, 0.15) is 0 Å². The molecule has 0 radical (unpaired) electrons. The van der Waals surface area contributed by atoms with Crippen LogP contribution in [-0.4, -0.2) is 70.1 Å². The lowest BCUT2D eigenvalue weighted by molar-refractivity contribution is -0.134. The van der Waals surface area contributed by atoms with E-state index in [1.54, 1.807) is 0 Å². The summed E-state index contributed by atoms with van der Waals surface area (Å²) in [7, 11) is 0. The molecule has 0 aromatic rings. The first-order valence-electron chi connectivity index (χ1n) is 8.82. The Bertz CT molecular complexity index is 318. The van der Waals surface area contributed by atoms with Crippen molar-refractivity contribution in [3.63, 3.8) is 0 Å². The highest BCUT2D eigenvalue weighted by atomic mass is 16.5. The van der Waals surface area contributed by atoms with Gasteiger partial charge in [0, 0.05) is 19.6 Å². The summed E-state index contributed by atoms with van der Waals surface area (Å²) in [6.07, 6.45) is 3.87. The standard InChI is InChI=1S/C17H34N2O4/c1-3-17(2)5-8-19(9-6-17)16(20)4-10-21-12-14-23-15-13-22-11-7-18/h3-15,18H2,1-2H3. The molecule has 6 heteroatoms. The minimum Gasteiger partial charge on any atom is -0.379 e. The van der Waals surface area contributed by atoms with Gasteiger partial charge in [-0.15, -0.1) is 0 Å². The zero-order chi connectivity index (χ0) is 17.0. The minimum absolute atomic E-state index is 0.208. The smallest absolute Gasteiger partial charge is 0.224 e. The molecule has 1 saturated heterocycles. The zero-order valence-electron chi connectivity index (χ0n) is 14.8. The van der Waals surface area contributed by atoms with Gasteiger partial charge in [-0.1, -0.05) is 20.3 Å². The number of nitrogens with two attached hydrogens (primary N) is 1. The van der Waals surface area contributed by atoms with Crippen LogP contribution < -0.4 is 5.73 Å². The van der Waals surface area contributed by atoms with E-state index in [9.17, 15) is 4.79 Å². The second-order valence-corrected chi connectivity index (χ2v) is 6.42. The van der Waals surface area contributed by atoms with Crippen LogP contribution in [0.25, 0.3) is 0 Å². The molecule has 0 unspecified atom stereocenters. The summed E-state index contributed by atoms with van der Waals surface area (Å²) in [5, 5.41) is 0. The Morgan fingerprint density at radius 3 is 2.04 bits per heavy atom. The van der Waals surface area contributed by atoms with Gasteiger partial charge in [0.2, 0.25) is 5.91 Å². The number of hydrogen-bond acceptors (Lipinski definition) is 5. The molecule has 0 bridgehead atoms. The number of hydrogen-bond donors (Lipinski definition) is 1. The summed E-state index contributed by atoms with van der Waals surface area (Å²) in [5.41, 5.74) is 5.72. The Balaban J connectivity index is 1.95. The van der Waals surface area contributed by atoms with Crippen molar-refractivity contribution in [1.29, 1.82) is 0 Å². The quantitative estimate of drug-likeness (QED) is 0.548. The van der Waals surface area contributed by atoms with E-state index in [2.05, 4.69) is 13.8 Å². The highest BCUT2D eigenvalue weighted by molar-refractivity contribution is 5.76. The maximum Gasteiger partial charge on any atom is 0.224 e. The van der Waals surface area contributed by atoms with Crippen molar-refractivity contribution >= 4 is 5.91 Å². The van der Waals surface area contributed by atoms with Crippen molar-refractivity contribution in [1.82, 2.24) is 4.90 Å². The van der Waals surface area contributed by atoms with Gasteiger partial charge in [0.15, 0.2) is 0 Å². The monoisotopic (exact) mass is 330 g/mol. The summed E-state index contributed by atoms with van der Waals surface area (Å²) in [6.45, 7) is 10.0. The van der Waals surface area contributed by atoms with Gasteiger partial charge >= 0.3 is 0 Å². The Morgan fingerprint density at radius 1 is 1.00 bits per heavy atom. The van der Waals surface area contributed by atoms with Crippen LogP contribution in [-0.2, 0) is 19.0 Å². The van der Waals surface area contributed by atoms with Crippen molar-refractivity contribution in [2.45, 2.75) is 39.5 Å². The SMILES string of the molecule is CCC1(C)CCN(C(=O)CCOCCOCCOCCN)CC1. The fourth-order valence-electron chi connectivity index (χ4n) is 2.59. The fraction of sp³-hybridized carbons (Fsp3) is 0.941. The number of ether oxygens (including phenoxy) is 3. The van der Waals surface area contributed by atoms with E-state index in [1.807, 2.05) is 4.90 Å². The van der Waals surface area contributed by atoms with Crippen molar-refractivity contribution in [2.24, 2.45) is 11.1 Å². The zero-order valence-corrected chi connectivity index (χ0v) is 14.8. The van der Waals surface area contributed by atoms with Gasteiger partial charge in [0.25, 0.3) is 0 Å². The summed E-state index contributed by atoms with van der Waals surface area (Å²) in [6, 6.07) is 0. The molecule has 6 nitrogen and oxygen atoms in total. The van der Waals surface area contributed by atoms with Gasteiger partial charge in [-0.3, -0.25) is 4.79 Å². The fourth-order valence-corrected chi connectivity index (χ4v) is 2.59. The molecule has 0 aliphatic carbocycles. The molecular formula is C17H34N2O4. The van der Waals surface area contributed by atoms with Crippen molar-refractivity contribution in [3.8, 4) is 0 Å². The summed E-state index contributed by atoms with van der Waals surface area (Å²) < 4.78 is 16.0. The number of carbonyl (C=O) groups excluding carboxylic acids is 1. The molecule has 1 fully saturated rings. The first-order valence-corrected chi connectivity index (χ1v) is 8.82. The van der Waals surface area contributed by atoms with Crippen LogP contribution in [0.1, 0.15) is 39.5 Å². The molecule has 23 heavy (non-hydrogen) atoms. The topological polar surface area (TPSA) is 74.0 Å². The summed E-state index contributed by atoms with van der Waals surface area (Å²) in [5.74, 6) is 0.208. The Morgan fingerprint density at radius 2 is 1.52 bits per heavy atom. The first kappa shape index (κ1) is 20.4. The van der Waals surface area contributed by atoms with Crippen LogP contribution in [0.5, 0.6) is 0 Å². The number of rotatable bonds is 12. The van der Waals surface area contributed by atoms with Crippen molar-refractivity contribution < 1.29 is 19.0 Å². The molecular weight excluding hydrogens is 296 g/mol. The van der Waals surface area contributed by atoms with Crippen LogP contribution in [0.4, 0.5) is 0 Å². The van der Waals surface area contributed by atoms with E-state index in [4.69, 9.17) is 19.9 Å². The van der Waals surface area contributed by atoms with Crippen LogP contribution in [0.3, 0.4) is 0 Å². The second-order valence-electron chi connectivity index (χ2n) is 6.42. The van der Waals surface area contributed by atoms with E-state index < -0.39 is 0 Å². The molecule has 0 aromatic carbocycles. The number of amides is 1. The van der Waals surface area contributed by atoms with E-state index in [-0.39, 0.29) is 5.91 Å². The van der Waals surface area contributed by atoms with Gasteiger partial charge in [0.05, 0.1) is 46.1 Å². The van der Waals surface area contributed by atoms with Crippen molar-refractivity contribution in [3.05, 3.63) is 0 Å². The molecule has 0 atom stereocenters. The third-order valence-electron chi connectivity index (χ3n) is 4.64. The molecule has 1 aliphatic heterocycles. The van der Waals surface area contributed by atoms with E-state index in [1.165, 1.54) is 6.42 Å². The molecule has 0 aromatic heterocycles. The molecule has 0 saturated carbocycles. The van der Waals surface area contributed by atoms with Gasteiger partial charge in [-0.25, -0.2) is 0 Å². The average molecular weight is 330 g/mol. The predicted octanol–water partition coefficient (Wildman–Crippen LogP) is 1.42. The van der Waals surface area contributed by atoms with Crippen LogP contribution in [0.2, 0.25) is 0 Å². The molecule has 1 aliphatic rings. The van der Waals surface area contributed by atoms with Gasteiger partial charge in [-0.05, 0) is 18.3 Å². The lowest BCUT2D eigenvalue weighted by atomic mass is 9.78. The molecule has 1 rings (SSSR count). The molecule has 1 amide bonds. The largest absolute Gasteiger partial charge is 0.379 e. The predicted molar refractivity (Wildman–Crippen MR) is 90.3 cm³/mol. The molecule has 0 spiro atoms. The second kappa shape index (κ2) is 11.8. The number of likely N-dealkylation sites (tertiary alicyclic amines) is 1. The normalized spacial score (nSPS) is 17.4. The van der Waals surface area contributed by atoms with E-state index in [0.29, 0.717) is 58.0 Å². The van der Waals surface area contributed by atoms with Gasteiger partial charge < -0.3 is 24.8 Å². The minimum atomic E-state index is 0.208. The lowest BCUT2D eigenvalue weighted by Crippen LogP contribution is -2.42. The third kappa shape index (κ3) is 8.65. The molecule has 136 valence electrons. The molecule has 1 heterocycles. The average Bonchev–Trinajstić information content (AvgIpc) is 2.57. The maximum atomic E-state index is 12.1. The Kier molecular flexibility index (Phi) is 10.4. The van der Waals surface area contributed by atoms with Crippen LogP contribution >= 0.6 is 0 Å². The van der Waals surface area contributed by atoms with Crippen molar-refractivity contribution in [2.75, 3.05) is 59.3 Å². The van der Waals surface area contributed by atoms with Crippen LogP contribution in [0, 0.1) is 5.41 Å². The first-order chi connectivity index (χ1) is 11.1. The lowest BCUT2D eigenvalue weighted by Gasteiger charge is -2.39. The summed E-state index contributed by atoms with van der Waals surface area (Å²) >= 11 is 0. The van der Waals surface area contributed by atoms with E-state index >= 15 is 0 Å². The highest BCUT2D eigenvalue weighted by Crippen LogP contribution is 2.33.